The molecule has 1 aliphatic heterocycles. The highest BCUT2D eigenvalue weighted by Crippen LogP contribution is 2.33. The highest BCUT2D eigenvalue weighted by Gasteiger charge is 2.34. The van der Waals surface area contributed by atoms with Crippen LogP contribution in [0.5, 0.6) is 11.5 Å². The number of fused-ring (bicyclic) bond motifs is 1. The highest BCUT2D eigenvalue weighted by molar-refractivity contribution is 5.81. The van der Waals surface area contributed by atoms with Gasteiger partial charge in [-0.05, 0) is 24.6 Å². The summed E-state index contributed by atoms with van der Waals surface area (Å²) < 4.78 is 11.4. The Hall–Kier alpha value is -2.53. The fraction of sp³-hybridized carbons (Fsp3) is 0.235. The minimum Gasteiger partial charge on any atom is -0.482 e. The van der Waals surface area contributed by atoms with Gasteiger partial charge >= 0.3 is 0 Å². The van der Waals surface area contributed by atoms with Crippen LogP contribution in [0.1, 0.15) is 12.5 Å². The number of hydroxylamine groups is 1. The molecule has 1 N–H and O–H groups in total. The second-order valence-electron chi connectivity index (χ2n) is 5.05. The minimum absolute atomic E-state index is 0.297. The van der Waals surface area contributed by atoms with Crippen LogP contribution in [0.25, 0.3) is 0 Å². The first-order valence-electron chi connectivity index (χ1n) is 7.12. The maximum atomic E-state index is 12.2. The molecule has 3 rings (SSSR count). The predicted octanol–water partition coefficient (Wildman–Crippen LogP) is 2.46. The van der Waals surface area contributed by atoms with Crippen LogP contribution in [0.3, 0.4) is 0 Å². The van der Waals surface area contributed by atoms with Gasteiger partial charge in [-0.25, -0.2) is 5.48 Å². The lowest BCUT2D eigenvalue weighted by Crippen LogP contribution is -2.48. The summed E-state index contributed by atoms with van der Waals surface area (Å²) in [4.78, 5) is 17.4. The zero-order chi connectivity index (χ0) is 15.4. The third kappa shape index (κ3) is 3.20. The van der Waals surface area contributed by atoms with Gasteiger partial charge in [-0.2, -0.15) is 0 Å². The number of hydrogen-bond acceptors (Lipinski definition) is 4. The lowest BCUT2D eigenvalue weighted by atomic mass is 10.1. The molecule has 0 fully saturated rings. The van der Waals surface area contributed by atoms with Gasteiger partial charge in [0.1, 0.15) is 6.10 Å². The lowest BCUT2D eigenvalue weighted by Gasteiger charge is -2.30. The molecule has 1 aliphatic rings. The fourth-order valence-corrected chi connectivity index (χ4v) is 2.23. The van der Waals surface area contributed by atoms with Gasteiger partial charge in [0.25, 0.3) is 5.91 Å². The molecule has 0 spiro atoms. The molecule has 0 unspecified atom stereocenters. The molecule has 1 amide bonds. The summed E-state index contributed by atoms with van der Waals surface area (Å²) in [6.07, 6.45) is -1.14. The van der Waals surface area contributed by atoms with Gasteiger partial charge in [-0.3, -0.25) is 9.63 Å². The summed E-state index contributed by atoms with van der Waals surface area (Å²) in [5, 5.41) is 0. The Morgan fingerprint density at radius 2 is 1.68 bits per heavy atom. The second-order valence-corrected chi connectivity index (χ2v) is 5.05. The zero-order valence-corrected chi connectivity index (χ0v) is 12.2. The van der Waals surface area contributed by atoms with E-state index in [1.165, 1.54) is 0 Å². The Bertz CT molecular complexity index is 644. The Morgan fingerprint density at radius 3 is 2.41 bits per heavy atom. The molecule has 22 heavy (non-hydrogen) atoms. The maximum absolute atomic E-state index is 12.2. The molecule has 2 atom stereocenters. The van der Waals surface area contributed by atoms with Gasteiger partial charge in [0.05, 0.1) is 6.61 Å². The second kappa shape index (κ2) is 6.49. The summed E-state index contributed by atoms with van der Waals surface area (Å²) in [5.41, 5.74) is 3.39. The van der Waals surface area contributed by atoms with Crippen molar-refractivity contribution in [3.63, 3.8) is 0 Å². The smallest absolute Gasteiger partial charge is 0.288 e. The molecule has 1 heterocycles. The number of nitrogens with one attached hydrogen (secondary N) is 1. The molecule has 0 aliphatic carbocycles. The van der Waals surface area contributed by atoms with Gasteiger partial charge in [-0.1, -0.05) is 42.5 Å². The third-order valence-corrected chi connectivity index (χ3v) is 3.36. The first-order valence-corrected chi connectivity index (χ1v) is 7.12. The monoisotopic (exact) mass is 299 g/mol. The summed E-state index contributed by atoms with van der Waals surface area (Å²) in [5.74, 6) is 0.839. The van der Waals surface area contributed by atoms with E-state index in [9.17, 15) is 4.79 Å². The zero-order valence-electron chi connectivity index (χ0n) is 12.2. The van der Waals surface area contributed by atoms with Crippen LogP contribution in [-0.2, 0) is 16.2 Å². The normalized spacial score (nSPS) is 19.5. The standard InChI is InChI=1S/C17H17NO4/c1-12-16(22-15-10-6-5-9-14(15)21-12)17(19)18-20-11-13-7-3-2-4-8-13/h2-10,12,16H,11H2,1H3,(H,18,19)/t12-,16+/m0/s1. The minimum atomic E-state index is -0.745. The molecule has 0 saturated heterocycles. The molecule has 2 aromatic rings. The Labute approximate surface area is 128 Å². The van der Waals surface area contributed by atoms with E-state index in [2.05, 4.69) is 5.48 Å². The summed E-state index contributed by atoms with van der Waals surface area (Å²) in [6, 6.07) is 16.9. The number of carbonyl (C=O) groups is 1. The molecular weight excluding hydrogens is 282 g/mol. The van der Waals surface area contributed by atoms with Crippen molar-refractivity contribution in [2.24, 2.45) is 0 Å². The molecule has 2 aromatic carbocycles. The Morgan fingerprint density at radius 1 is 1.05 bits per heavy atom. The Kier molecular flexibility index (Phi) is 4.25. The SMILES string of the molecule is C[C@@H]1Oc2ccccc2O[C@H]1C(=O)NOCc1ccccc1. The van der Waals surface area contributed by atoms with E-state index in [4.69, 9.17) is 14.3 Å². The molecule has 5 heteroatoms. The van der Waals surface area contributed by atoms with E-state index >= 15 is 0 Å². The van der Waals surface area contributed by atoms with Crippen molar-refractivity contribution in [3.05, 3.63) is 60.2 Å². The van der Waals surface area contributed by atoms with Crippen molar-refractivity contribution in [1.29, 1.82) is 0 Å². The summed E-state index contributed by atoms with van der Waals surface area (Å²) in [7, 11) is 0. The number of para-hydroxylation sites is 2. The van der Waals surface area contributed by atoms with Gasteiger partial charge in [0.2, 0.25) is 6.10 Å². The molecule has 114 valence electrons. The first kappa shape index (κ1) is 14.4. The molecule has 0 radical (unpaired) electrons. The Balaban J connectivity index is 1.56. The van der Waals surface area contributed by atoms with Gasteiger partial charge in [0, 0.05) is 0 Å². The topological polar surface area (TPSA) is 56.8 Å². The number of hydrogen-bond donors (Lipinski definition) is 1. The van der Waals surface area contributed by atoms with E-state index in [1.54, 1.807) is 13.0 Å². The van der Waals surface area contributed by atoms with E-state index in [1.807, 2.05) is 48.5 Å². The molecule has 0 bridgehead atoms. The van der Waals surface area contributed by atoms with Crippen LogP contribution < -0.4 is 15.0 Å². The average Bonchev–Trinajstić information content (AvgIpc) is 2.55. The summed E-state index contributed by atoms with van der Waals surface area (Å²) in [6.45, 7) is 2.09. The molecular formula is C17H17NO4. The average molecular weight is 299 g/mol. The van der Waals surface area contributed by atoms with E-state index in [0.29, 0.717) is 18.1 Å². The largest absolute Gasteiger partial charge is 0.482 e. The van der Waals surface area contributed by atoms with Crippen LogP contribution in [0, 0.1) is 0 Å². The van der Waals surface area contributed by atoms with Crippen LogP contribution in [0.4, 0.5) is 0 Å². The number of rotatable bonds is 4. The van der Waals surface area contributed by atoms with Gasteiger partial charge in [-0.15, -0.1) is 0 Å². The van der Waals surface area contributed by atoms with Crippen molar-refractivity contribution < 1.29 is 19.1 Å². The van der Waals surface area contributed by atoms with Crippen molar-refractivity contribution in [1.82, 2.24) is 5.48 Å². The fourth-order valence-electron chi connectivity index (χ4n) is 2.23. The van der Waals surface area contributed by atoms with Crippen molar-refractivity contribution in [2.75, 3.05) is 0 Å². The number of amides is 1. The van der Waals surface area contributed by atoms with E-state index < -0.39 is 12.2 Å². The van der Waals surface area contributed by atoms with Crippen LogP contribution >= 0.6 is 0 Å². The molecule has 5 nitrogen and oxygen atoms in total. The highest BCUT2D eigenvalue weighted by atomic mass is 16.7. The summed E-state index contributed by atoms with van der Waals surface area (Å²) >= 11 is 0. The number of ether oxygens (including phenoxy) is 2. The first-order chi connectivity index (χ1) is 10.7. The molecule has 0 saturated carbocycles. The van der Waals surface area contributed by atoms with Crippen LogP contribution in [0.15, 0.2) is 54.6 Å². The van der Waals surface area contributed by atoms with Crippen LogP contribution in [-0.4, -0.2) is 18.1 Å². The quantitative estimate of drug-likeness (QED) is 0.881. The number of carbonyl (C=O) groups excluding carboxylic acids is 1. The molecule has 0 aromatic heterocycles. The predicted molar refractivity (Wildman–Crippen MR) is 80.3 cm³/mol. The van der Waals surface area contributed by atoms with E-state index in [-0.39, 0.29) is 5.91 Å². The van der Waals surface area contributed by atoms with E-state index in [0.717, 1.165) is 5.56 Å². The number of benzene rings is 2. The van der Waals surface area contributed by atoms with Crippen molar-refractivity contribution >= 4 is 5.91 Å². The van der Waals surface area contributed by atoms with Crippen molar-refractivity contribution in [2.45, 2.75) is 25.7 Å². The third-order valence-electron chi connectivity index (χ3n) is 3.36. The van der Waals surface area contributed by atoms with Gasteiger partial charge in [0.15, 0.2) is 11.5 Å². The van der Waals surface area contributed by atoms with Crippen LogP contribution in [0.2, 0.25) is 0 Å². The van der Waals surface area contributed by atoms with Crippen molar-refractivity contribution in [3.8, 4) is 11.5 Å². The van der Waals surface area contributed by atoms with Gasteiger partial charge < -0.3 is 9.47 Å². The lowest BCUT2D eigenvalue weighted by molar-refractivity contribution is -0.147. The maximum Gasteiger partial charge on any atom is 0.288 e.